The fourth-order valence-electron chi connectivity index (χ4n) is 2.27. The topological polar surface area (TPSA) is 68.5 Å². The van der Waals surface area contributed by atoms with E-state index < -0.39 is 5.97 Å². The van der Waals surface area contributed by atoms with Crippen LogP contribution < -0.4 is 10.3 Å². The number of nitrogens with zero attached hydrogens (tertiary/aromatic N) is 1. The van der Waals surface area contributed by atoms with Gasteiger partial charge in [-0.25, -0.2) is 0 Å². The standard InChI is InChI=1S/C17H21NO4/c1-2-3-11-22-14-6-7-15-13(12-14)8-10-18(17(15)21)9-4-5-16(19)20/h6-8,10,12H,2-5,9,11H2,1H3,(H,19,20). The number of rotatable bonds is 8. The van der Waals surface area contributed by atoms with Crippen LogP contribution in [0.2, 0.25) is 0 Å². The Morgan fingerprint density at radius 2 is 2.09 bits per heavy atom. The lowest BCUT2D eigenvalue weighted by Crippen LogP contribution is -2.19. The molecule has 0 aliphatic heterocycles. The molecule has 2 rings (SSSR count). The molecule has 1 heterocycles. The molecule has 0 bridgehead atoms. The highest BCUT2D eigenvalue weighted by molar-refractivity contribution is 5.82. The first kappa shape index (κ1) is 16.1. The molecule has 0 spiro atoms. The first-order valence-corrected chi connectivity index (χ1v) is 7.59. The minimum absolute atomic E-state index is 0.0642. The zero-order valence-electron chi connectivity index (χ0n) is 12.7. The van der Waals surface area contributed by atoms with Gasteiger partial charge in [0.25, 0.3) is 5.56 Å². The van der Waals surface area contributed by atoms with E-state index in [2.05, 4.69) is 6.92 Å². The monoisotopic (exact) mass is 303 g/mol. The smallest absolute Gasteiger partial charge is 0.303 e. The van der Waals surface area contributed by atoms with Crippen LogP contribution in [0.5, 0.6) is 5.75 Å². The number of hydrogen-bond acceptors (Lipinski definition) is 3. The van der Waals surface area contributed by atoms with Crippen LogP contribution in [0.25, 0.3) is 10.8 Å². The van der Waals surface area contributed by atoms with E-state index in [9.17, 15) is 9.59 Å². The van der Waals surface area contributed by atoms with Gasteiger partial charge in [0.2, 0.25) is 0 Å². The lowest BCUT2D eigenvalue weighted by molar-refractivity contribution is -0.137. The third-order valence-corrected chi connectivity index (χ3v) is 3.50. The molecule has 0 saturated heterocycles. The van der Waals surface area contributed by atoms with Gasteiger partial charge in [0.15, 0.2) is 0 Å². The van der Waals surface area contributed by atoms with E-state index in [1.165, 1.54) is 0 Å². The molecule has 118 valence electrons. The Bertz CT molecular complexity index is 705. The molecular weight excluding hydrogens is 282 g/mol. The number of carboxylic acid groups (broad SMARTS) is 1. The van der Waals surface area contributed by atoms with Gasteiger partial charge in [0.05, 0.1) is 6.61 Å². The highest BCUT2D eigenvalue weighted by Gasteiger charge is 2.05. The molecule has 0 saturated carbocycles. The maximum Gasteiger partial charge on any atom is 0.303 e. The largest absolute Gasteiger partial charge is 0.494 e. The fourth-order valence-corrected chi connectivity index (χ4v) is 2.27. The fraction of sp³-hybridized carbons (Fsp3) is 0.412. The third-order valence-electron chi connectivity index (χ3n) is 3.50. The Kier molecular flexibility index (Phi) is 5.58. The number of aryl methyl sites for hydroxylation is 1. The summed E-state index contributed by atoms with van der Waals surface area (Å²) in [4.78, 5) is 22.9. The molecule has 2 aromatic rings. The maximum absolute atomic E-state index is 12.4. The Labute approximate surface area is 129 Å². The van der Waals surface area contributed by atoms with Gasteiger partial charge in [-0.1, -0.05) is 13.3 Å². The number of benzene rings is 1. The van der Waals surface area contributed by atoms with Crippen molar-refractivity contribution in [1.82, 2.24) is 4.57 Å². The summed E-state index contributed by atoms with van der Waals surface area (Å²) in [6.45, 7) is 3.20. The first-order valence-electron chi connectivity index (χ1n) is 7.59. The summed E-state index contributed by atoms with van der Waals surface area (Å²) in [6, 6.07) is 7.31. The zero-order chi connectivity index (χ0) is 15.9. The van der Waals surface area contributed by atoms with Gasteiger partial charge in [-0.05, 0) is 42.5 Å². The summed E-state index contributed by atoms with van der Waals surface area (Å²) in [7, 11) is 0. The van der Waals surface area contributed by atoms with Crippen LogP contribution in [0.15, 0.2) is 35.3 Å². The van der Waals surface area contributed by atoms with Crippen molar-refractivity contribution in [2.45, 2.75) is 39.2 Å². The molecule has 0 amide bonds. The average Bonchev–Trinajstić information content (AvgIpc) is 2.49. The molecule has 5 heteroatoms. The second kappa shape index (κ2) is 7.64. The number of carbonyl (C=O) groups is 1. The molecular formula is C17H21NO4. The van der Waals surface area contributed by atoms with Crippen molar-refractivity contribution in [3.8, 4) is 5.75 Å². The number of unbranched alkanes of at least 4 members (excludes halogenated alkanes) is 1. The number of pyridine rings is 1. The Morgan fingerprint density at radius 1 is 1.27 bits per heavy atom. The third kappa shape index (κ3) is 4.10. The molecule has 1 N–H and O–H groups in total. The second-order valence-electron chi connectivity index (χ2n) is 5.26. The number of ether oxygens (including phenoxy) is 1. The molecule has 0 aliphatic rings. The second-order valence-corrected chi connectivity index (χ2v) is 5.26. The van der Waals surface area contributed by atoms with Gasteiger partial charge in [-0.15, -0.1) is 0 Å². The SMILES string of the molecule is CCCCOc1ccc2c(=O)n(CCCC(=O)O)ccc2c1. The molecule has 0 unspecified atom stereocenters. The minimum Gasteiger partial charge on any atom is -0.494 e. The molecule has 1 aromatic carbocycles. The van der Waals surface area contributed by atoms with E-state index in [1.54, 1.807) is 22.9 Å². The highest BCUT2D eigenvalue weighted by Crippen LogP contribution is 2.18. The van der Waals surface area contributed by atoms with Gasteiger partial charge in [0.1, 0.15) is 5.75 Å². The van der Waals surface area contributed by atoms with Crippen molar-refractivity contribution in [1.29, 1.82) is 0 Å². The van der Waals surface area contributed by atoms with Crippen LogP contribution >= 0.6 is 0 Å². The number of hydrogen-bond donors (Lipinski definition) is 1. The predicted molar refractivity (Wildman–Crippen MR) is 85.5 cm³/mol. The lowest BCUT2D eigenvalue weighted by atomic mass is 10.1. The van der Waals surface area contributed by atoms with Crippen molar-refractivity contribution >= 4 is 16.7 Å². The predicted octanol–water partition coefficient (Wildman–Crippen LogP) is 3.05. The number of carboxylic acids is 1. The van der Waals surface area contributed by atoms with Crippen LogP contribution in [0.3, 0.4) is 0 Å². The van der Waals surface area contributed by atoms with E-state index in [0.29, 0.717) is 25.0 Å². The van der Waals surface area contributed by atoms with Crippen molar-refractivity contribution in [3.05, 3.63) is 40.8 Å². The minimum atomic E-state index is -0.845. The van der Waals surface area contributed by atoms with Gasteiger partial charge in [0, 0.05) is 24.5 Å². The van der Waals surface area contributed by atoms with Crippen molar-refractivity contribution in [2.75, 3.05) is 6.61 Å². The Balaban J connectivity index is 2.16. The van der Waals surface area contributed by atoms with Gasteiger partial charge in [-0.3, -0.25) is 9.59 Å². The van der Waals surface area contributed by atoms with Crippen molar-refractivity contribution in [3.63, 3.8) is 0 Å². The number of aliphatic carboxylic acids is 1. The maximum atomic E-state index is 12.4. The summed E-state index contributed by atoms with van der Waals surface area (Å²) in [6.07, 6.45) is 4.30. The summed E-state index contributed by atoms with van der Waals surface area (Å²) < 4.78 is 7.20. The summed E-state index contributed by atoms with van der Waals surface area (Å²) in [5.74, 6) is -0.0771. The van der Waals surface area contributed by atoms with Crippen LogP contribution in [0.1, 0.15) is 32.6 Å². The lowest BCUT2D eigenvalue weighted by Gasteiger charge is -2.09. The molecule has 1 aromatic heterocycles. The van der Waals surface area contributed by atoms with Gasteiger partial charge >= 0.3 is 5.97 Å². The Hall–Kier alpha value is -2.30. The van der Waals surface area contributed by atoms with Crippen LogP contribution in [-0.2, 0) is 11.3 Å². The number of fused-ring (bicyclic) bond motifs is 1. The van der Waals surface area contributed by atoms with Crippen LogP contribution in [0, 0.1) is 0 Å². The van der Waals surface area contributed by atoms with Gasteiger partial charge in [-0.2, -0.15) is 0 Å². The van der Waals surface area contributed by atoms with E-state index in [4.69, 9.17) is 9.84 Å². The Morgan fingerprint density at radius 3 is 2.82 bits per heavy atom. The summed E-state index contributed by atoms with van der Waals surface area (Å²) in [5, 5.41) is 10.1. The highest BCUT2D eigenvalue weighted by atomic mass is 16.5. The summed E-state index contributed by atoms with van der Waals surface area (Å²) in [5.41, 5.74) is -0.0944. The molecule has 0 aliphatic carbocycles. The van der Waals surface area contributed by atoms with Crippen molar-refractivity contribution in [2.24, 2.45) is 0 Å². The van der Waals surface area contributed by atoms with E-state index in [-0.39, 0.29) is 12.0 Å². The molecule has 0 radical (unpaired) electrons. The quantitative estimate of drug-likeness (QED) is 0.761. The van der Waals surface area contributed by atoms with Crippen LogP contribution in [-0.4, -0.2) is 22.2 Å². The van der Waals surface area contributed by atoms with Crippen molar-refractivity contribution < 1.29 is 14.6 Å². The normalized spacial score (nSPS) is 10.8. The molecule has 0 atom stereocenters. The summed E-state index contributed by atoms with van der Waals surface area (Å²) >= 11 is 0. The van der Waals surface area contributed by atoms with E-state index in [1.807, 2.05) is 12.1 Å². The first-order chi connectivity index (χ1) is 10.6. The van der Waals surface area contributed by atoms with E-state index >= 15 is 0 Å². The number of aromatic nitrogens is 1. The van der Waals surface area contributed by atoms with Gasteiger partial charge < -0.3 is 14.4 Å². The van der Waals surface area contributed by atoms with E-state index in [0.717, 1.165) is 24.0 Å². The molecule has 5 nitrogen and oxygen atoms in total. The molecule has 22 heavy (non-hydrogen) atoms. The van der Waals surface area contributed by atoms with Crippen LogP contribution in [0.4, 0.5) is 0 Å². The molecule has 0 fully saturated rings. The zero-order valence-corrected chi connectivity index (χ0v) is 12.7. The average molecular weight is 303 g/mol.